The standard InChI is InChI=1S/C12H22N2O2.ClH/c1-10-12(11(2)16-14-10)9-13-7-5-4-6-8-15-3;/h13H,4-9H2,1-3H3;1H. The minimum Gasteiger partial charge on any atom is -0.385 e. The van der Waals surface area contributed by atoms with E-state index in [0.29, 0.717) is 0 Å². The number of halogens is 1. The van der Waals surface area contributed by atoms with Crippen molar-refractivity contribution in [3.63, 3.8) is 0 Å². The first-order valence-electron chi connectivity index (χ1n) is 5.87. The van der Waals surface area contributed by atoms with Gasteiger partial charge in [-0.05, 0) is 39.7 Å². The zero-order valence-electron chi connectivity index (χ0n) is 10.9. The second-order valence-corrected chi connectivity index (χ2v) is 4.03. The lowest BCUT2D eigenvalue weighted by Gasteiger charge is -2.04. The number of aryl methyl sites for hydroxylation is 2. The number of ether oxygens (including phenoxy) is 1. The fourth-order valence-corrected chi connectivity index (χ4v) is 1.64. The fourth-order valence-electron chi connectivity index (χ4n) is 1.64. The Bertz CT molecular complexity index is 283. The Hall–Kier alpha value is -0.580. The van der Waals surface area contributed by atoms with Crippen molar-refractivity contribution in [3.8, 4) is 0 Å². The molecular formula is C12H23ClN2O2. The highest BCUT2D eigenvalue weighted by atomic mass is 35.5. The third-order valence-corrected chi connectivity index (χ3v) is 2.69. The predicted octanol–water partition coefficient (Wildman–Crippen LogP) is 2.62. The van der Waals surface area contributed by atoms with Crippen LogP contribution in [0.4, 0.5) is 0 Å². The molecule has 4 nitrogen and oxygen atoms in total. The second kappa shape index (κ2) is 9.45. The summed E-state index contributed by atoms with van der Waals surface area (Å²) in [4.78, 5) is 0. The zero-order valence-corrected chi connectivity index (χ0v) is 11.7. The maximum atomic E-state index is 5.10. The number of rotatable bonds is 8. The molecule has 0 aliphatic carbocycles. The molecule has 0 unspecified atom stereocenters. The number of hydrogen-bond donors (Lipinski definition) is 1. The number of aromatic nitrogens is 1. The summed E-state index contributed by atoms with van der Waals surface area (Å²) in [6.07, 6.45) is 3.54. The van der Waals surface area contributed by atoms with E-state index in [9.17, 15) is 0 Å². The van der Waals surface area contributed by atoms with Crippen LogP contribution in [0.5, 0.6) is 0 Å². The van der Waals surface area contributed by atoms with Crippen molar-refractivity contribution in [3.05, 3.63) is 17.0 Å². The molecule has 17 heavy (non-hydrogen) atoms. The van der Waals surface area contributed by atoms with Crippen LogP contribution in [0.15, 0.2) is 4.52 Å². The number of nitrogens with zero attached hydrogens (tertiary/aromatic N) is 1. The number of nitrogens with one attached hydrogen (secondary N) is 1. The lowest BCUT2D eigenvalue weighted by Crippen LogP contribution is -2.15. The summed E-state index contributed by atoms with van der Waals surface area (Å²) in [5.74, 6) is 0.921. The molecule has 0 radical (unpaired) electrons. The summed E-state index contributed by atoms with van der Waals surface area (Å²) < 4.78 is 10.1. The molecule has 0 bridgehead atoms. The Balaban J connectivity index is 0.00000256. The van der Waals surface area contributed by atoms with Crippen LogP contribution in [0.2, 0.25) is 0 Å². The predicted molar refractivity (Wildman–Crippen MR) is 70.7 cm³/mol. The van der Waals surface area contributed by atoms with Gasteiger partial charge in [0.15, 0.2) is 0 Å². The molecule has 1 N–H and O–H groups in total. The van der Waals surface area contributed by atoms with Crippen molar-refractivity contribution < 1.29 is 9.26 Å². The molecule has 1 rings (SSSR count). The Morgan fingerprint density at radius 3 is 2.59 bits per heavy atom. The van der Waals surface area contributed by atoms with Gasteiger partial charge in [0.05, 0.1) is 5.69 Å². The Kier molecular flexibility index (Phi) is 9.13. The number of unbranched alkanes of at least 4 members (excludes halogenated alkanes) is 2. The van der Waals surface area contributed by atoms with Gasteiger partial charge in [-0.15, -0.1) is 12.4 Å². The van der Waals surface area contributed by atoms with Crippen molar-refractivity contribution in [1.29, 1.82) is 0 Å². The van der Waals surface area contributed by atoms with Crippen LogP contribution in [0.3, 0.4) is 0 Å². The van der Waals surface area contributed by atoms with Gasteiger partial charge in [-0.1, -0.05) is 5.16 Å². The molecule has 100 valence electrons. The summed E-state index contributed by atoms with van der Waals surface area (Å²) in [7, 11) is 1.75. The van der Waals surface area contributed by atoms with Crippen molar-refractivity contribution in [2.75, 3.05) is 20.3 Å². The molecule has 5 heteroatoms. The highest BCUT2D eigenvalue weighted by Gasteiger charge is 2.07. The molecule has 0 fully saturated rings. The Labute approximate surface area is 109 Å². The minimum atomic E-state index is 0. The summed E-state index contributed by atoms with van der Waals surface area (Å²) in [6.45, 7) is 6.69. The summed E-state index contributed by atoms with van der Waals surface area (Å²) >= 11 is 0. The van der Waals surface area contributed by atoms with E-state index in [2.05, 4.69) is 10.5 Å². The molecule has 0 saturated heterocycles. The first-order chi connectivity index (χ1) is 7.75. The highest BCUT2D eigenvalue weighted by Crippen LogP contribution is 2.11. The quantitative estimate of drug-likeness (QED) is 0.732. The third kappa shape index (κ3) is 6.05. The number of methoxy groups -OCH3 is 1. The molecule has 0 aliphatic heterocycles. The van der Waals surface area contributed by atoms with Crippen molar-refractivity contribution in [1.82, 2.24) is 10.5 Å². The lowest BCUT2D eigenvalue weighted by molar-refractivity contribution is 0.192. The van der Waals surface area contributed by atoms with Gasteiger partial charge in [0, 0.05) is 25.8 Å². The lowest BCUT2D eigenvalue weighted by atomic mass is 10.2. The van der Waals surface area contributed by atoms with Crippen LogP contribution >= 0.6 is 12.4 Å². The largest absolute Gasteiger partial charge is 0.385 e. The molecule has 0 amide bonds. The van der Waals surface area contributed by atoms with Gasteiger partial charge in [-0.25, -0.2) is 0 Å². The summed E-state index contributed by atoms with van der Waals surface area (Å²) in [5.41, 5.74) is 2.18. The molecule has 1 aromatic rings. The minimum absolute atomic E-state index is 0. The highest BCUT2D eigenvalue weighted by molar-refractivity contribution is 5.85. The topological polar surface area (TPSA) is 47.3 Å². The van der Waals surface area contributed by atoms with E-state index in [0.717, 1.165) is 37.6 Å². The average molecular weight is 263 g/mol. The van der Waals surface area contributed by atoms with E-state index in [1.165, 1.54) is 18.4 Å². The SMILES string of the molecule is COCCCCCNCc1c(C)noc1C.Cl. The average Bonchev–Trinajstić information content (AvgIpc) is 2.59. The van der Waals surface area contributed by atoms with E-state index < -0.39 is 0 Å². The van der Waals surface area contributed by atoms with Crippen molar-refractivity contribution >= 4 is 12.4 Å². The van der Waals surface area contributed by atoms with Crippen LogP contribution < -0.4 is 5.32 Å². The molecular weight excluding hydrogens is 240 g/mol. The molecule has 1 heterocycles. The van der Waals surface area contributed by atoms with Crippen LogP contribution in [0, 0.1) is 13.8 Å². The molecule has 0 saturated carbocycles. The number of hydrogen-bond acceptors (Lipinski definition) is 4. The van der Waals surface area contributed by atoms with Crippen LogP contribution in [0.25, 0.3) is 0 Å². The van der Waals surface area contributed by atoms with Gasteiger partial charge in [0.25, 0.3) is 0 Å². The molecule has 0 spiro atoms. The van der Waals surface area contributed by atoms with Crippen LogP contribution in [-0.2, 0) is 11.3 Å². The van der Waals surface area contributed by atoms with E-state index in [4.69, 9.17) is 9.26 Å². The Morgan fingerprint density at radius 1 is 1.24 bits per heavy atom. The van der Waals surface area contributed by atoms with Gasteiger partial charge >= 0.3 is 0 Å². The van der Waals surface area contributed by atoms with E-state index in [1.807, 2.05) is 13.8 Å². The summed E-state index contributed by atoms with van der Waals surface area (Å²) in [5, 5.41) is 7.33. The van der Waals surface area contributed by atoms with Gasteiger partial charge < -0.3 is 14.6 Å². The maximum Gasteiger partial charge on any atom is 0.138 e. The van der Waals surface area contributed by atoms with Crippen molar-refractivity contribution in [2.45, 2.75) is 39.7 Å². The first kappa shape index (κ1) is 16.4. The molecule has 1 aromatic heterocycles. The second-order valence-electron chi connectivity index (χ2n) is 4.03. The van der Waals surface area contributed by atoms with Crippen LogP contribution in [-0.4, -0.2) is 25.4 Å². The fraction of sp³-hybridized carbons (Fsp3) is 0.750. The normalized spacial score (nSPS) is 10.3. The van der Waals surface area contributed by atoms with Crippen molar-refractivity contribution in [2.24, 2.45) is 0 Å². The van der Waals surface area contributed by atoms with Gasteiger partial charge in [-0.3, -0.25) is 0 Å². The molecule has 0 aromatic carbocycles. The maximum absolute atomic E-state index is 5.10. The van der Waals surface area contributed by atoms with Gasteiger partial charge in [-0.2, -0.15) is 0 Å². The third-order valence-electron chi connectivity index (χ3n) is 2.69. The van der Waals surface area contributed by atoms with Gasteiger partial charge in [0.1, 0.15) is 5.76 Å². The van der Waals surface area contributed by atoms with E-state index >= 15 is 0 Å². The Morgan fingerprint density at radius 2 is 2.00 bits per heavy atom. The van der Waals surface area contributed by atoms with Gasteiger partial charge in [0.2, 0.25) is 0 Å². The zero-order chi connectivity index (χ0) is 11.8. The molecule has 0 aliphatic rings. The first-order valence-corrected chi connectivity index (χ1v) is 5.87. The van der Waals surface area contributed by atoms with Crippen LogP contribution in [0.1, 0.15) is 36.3 Å². The van der Waals surface area contributed by atoms with E-state index in [-0.39, 0.29) is 12.4 Å². The molecule has 0 atom stereocenters. The summed E-state index contributed by atoms with van der Waals surface area (Å²) in [6, 6.07) is 0. The van der Waals surface area contributed by atoms with E-state index in [1.54, 1.807) is 7.11 Å². The monoisotopic (exact) mass is 262 g/mol. The smallest absolute Gasteiger partial charge is 0.138 e.